The smallest absolute Gasteiger partial charge is 0.171 e. The molecule has 0 bridgehead atoms. The highest BCUT2D eigenvalue weighted by molar-refractivity contribution is 5.16. The van der Waals surface area contributed by atoms with Crippen LogP contribution in [-0.2, 0) is 6.61 Å². The van der Waals surface area contributed by atoms with E-state index < -0.39 is 0 Å². The van der Waals surface area contributed by atoms with Crippen molar-refractivity contribution >= 4 is 0 Å². The SMILES string of the molecule is OCc1ccn(-c2cnccn2)n1. The summed E-state index contributed by atoms with van der Waals surface area (Å²) in [6.07, 6.45) is 6.53. The van der Waals surface area contributed by atoms with Crippen molar-refractivity contribution in [2.45, 2.75) is 6.61 Å². The number of hydrogen-bond acceptors (Lipinski definition) is 4. The van der Waals surface area contributed by atoms with Gasteiger partial charge in [-0.25, -0.2) is 9.67 Å². The van der Waals surface area contributed by atoms with E-state index in [-0.39, 0.29) is 6.61 Å². The zero-order chi connectivity index (χ0) is 9.10. The van der Waals surface area contributed by atoms with Gasteiger partial charge in [-0.2, -0.15) is 5.10 Å². The summed E-state index contributed by atoms with van der Waals surface area (Å²) in [7, 11) is 0. The minimum absolute atomic E-state index is 0.0622. The maximum atomic E-state index is 8.79. The second-order valence-electron chi connectivity index (χ2n) is 2.47. The fourth-order valence-corrected chi connectivity index (χ4v) is 0.983. The molecule has 2 aromatic rings. The average Bonchev–Trinajstić information content (AvgIpc) is 2.67. The summed E-state index contributed by atoms with van der Waals surface area (Å²) in [6, 6.07) is 1.73. The molecule has 2 heterocycles. The molecule has 2 aromatic heterocycles. The van der Waals surface area contributed by atoms with Crippen molar-refractivity contribution in [3.8, 4) is 5.82 Å². The predicted molar refractivity (Wildman–Crippen MR) is 45.1 cm³/mol. The van der Waals surface area contributed by atoms with Crippen molar-refractivity contribution in [1.82, 2.24) is 19.7 Å². The molecule has 0 saturated carbocycles. The number of rotatable bonds is 2. The van der Waals surface area contributed by atoms with Crippen LogP contribution >= 0.6 is 0 Å². The van der Waals surface area contributed by atoms with Gasteiger partial charge in [-0.1, -0.05) is 0 Å². The summed E-state index contributed by atoms with van der Waals surface area (Å²) >= 11 is 0. The zero-order valence-corrected chi connectivity index (χ0v) is 6.83. The lowest BCUT2D eigenvalue weighted by Crippen LogP contribution is -1.99. The van der Waals surface area contributed by atoms with Crippen molar-refractivity contribution in [3.05, 3.63) is 36.5 Å². The van der Waals surface area contributed by atoms with Crippen LogP contribution in [0.2, 0.25) is 0 Å². The van der Waals surface area contributed by atoms with Crippen molar-refractivity contribution < 1.29 is 5.11 Å². The summed E-state index contributed by atoms with van der Waals surface area (Å²) in [6.45, 7) is -0.0622. The highest BCUT2D eigenvalue weighted by atomic mass is 16.3. The summed E-state index contributed by atoms with van der Waals surface area (Å²) in [5, 5.41) is 12.8. The van der Waals surface area contributed by atoms with Crippen LogP contribution < -0.4 is 0 Å². The molecule has 0 aliphatic carbocycles. The van der Waals surface area contributed by atoms with E-state index in [1.165, 1.54) is 0 Å². The van der Waals surface area contributed by atoms with Gasteiger partial charge in [-0.05, 0) is 6.07 Å². The summed E-state index contributed by atoms with van der Waals surface area (Å²) in [5.41, 5.74) is 0.616. The Labute approximate surface area is 74.7 Å². The maximum absolute atomic E-state index is 8.79. The molecule has 2 rings (SSSR count). The molecule has 5 nitrogen and oxygen atoms in total. The average molecular weight is 176 g/mol. The van der Waals surface area contributed by atoms with Crippen molar-refractivity contribution in [2.24, 2.45) is 0 Å². The van der Waals surface area contributed by atoms with Crippen molar-refractivity contribution in [3.63, 3.8) is 0 Å². The Balaban J connectivity index is 2.36. The molecular formula is C8H8N4O. The van der Waals surface area contributed by atoms with Gasteiger partial charge >= 0.3 is 0 Å². The Bertz CT molecular complexity index is 384. The second kappa shape index (κ2) is 3.32. The second-order valence-corrected chi connectivity index (χ2v) is 2.47. The third-order valence-corrected chi connectivity index (χ3v) is 1.59. The first-order valence-electron chi connectivity index (χ1n) is 3.82. The molecule has 66 valence electrons. The Morgan fingerprint density at radius 3 is 2.92 bits per heavy atom. The van der Waals surface area contributed by atoms with Gasteiger partial charge in [0.1, 0.15) is 0 Å². The van der Waals surface area contributed by atoms with E-state index >= 15 is 0 Å². The monoisotopic (exact) mass is 176 g/mol. The lowest BCUT2D eigenvalue weighted by atomic mass is 10.5. The van der Waals surface area contributed by atoms with E-state index in [1.54, 1.807) is 35.5 Å². The first-order valence-corrected chi connectivity index (χ1v) is 3.82. The van der Waals surface area contributed by atoms with Gasteiger partial charge in [0.15, 0.2) is 5.82 Å². The predicted octanol–water partition coefficient (Wildman–Crippen LogP) is 0.155. The van der Waals surface area contributed by atoms with E-state index in [2.05, 4.69) is 15.1 Å². The van der Waals surface area contributed by atoms with Gasteiger partial charge in [0, 0.05) is 18.6 Å². The van der Waals surface area contributed by atoms with E-state index in [0.29, 0.717) is 11.5 Å². The normalized spacial score (nSPS) is 10.2. The third kappa shape index (κ3) is 1.54. The Morgan fingerprint density at radius 2 is 2.31 bits per heavy atom. The fourth-order valence-electron chi connectivity index (χ4n) is 0.983. The number of hydrogen-bond donors (Lipinski definition) is 1. The number of aromatic nitrogens is 4. The molecule has 0 amide bonds. The van der Waals surface area contributed by atoms with Crippen LogP contribution in [-0.4, -0.2) is 24.9 Å². The van der Waals surface area contributed by atoms with Gasteiger partial charge in [-0.3, -0.25) is 4.98 Å². The minimum Gasteiger partial charge on any atom is -0.390 e. The lowest BCUT2D eigenvalue weighted by Gasteiger charge is -1.96. The van der Waals surface area contributed by atoms with Gasteiger partial charge in [0.2, 0.25) is 0 Å². The molecule has 0 radical (unpaired) electrons. The van der Waals surface area contributed by atoms with Crippen LogP contribution in [0, 0.1) is 0 Å². The Kier molecular flexibility index (Phi) is 2.01. The third-order valence-electron chi connectivity index (χ3n) is 1.59. The van der Waals surface area contributed by atoms with Crippen molar-refractivity contribution in [1.29, 1.82) is 0 Å². The molecule has 0 saturated heterocycles. The van der Waals surface area contributed by atoms with Crippen LogP contribution in [0.15, 0.2) is 30.9 Å². The summed E-state index contributed by atoms with van der Waals surface area (Å²) in [5.74, 6) is 0.641. The number of aliphatic hydroxyl groups is 1. The van der Waals surface area contributed by atoms with E-state index in [0.717, 1.165) is 0 Å². The zero-order valence-electron chi connectivity index (χ0n) is 6.83. The molecule has 0 aliphatic rings. The van der Waals surface area contributed by atoms with Crippen molar-refractivity contribution in [2.75, 3.05) is 0 Å². The molecule has 0 spiro atoms. The standard InChI is InChI=1S/C8H8N4O/c13-6-7-1-4-12(11-7)8-5-9-2-3-10-8/h1-5,13H,6H2. The van der Waals surface area contributed by atoms with Crippen LogP contribution in [0.25, 0.3) is 5.82 Å². The Morgan fingerprint density at radius 1 is 1.38 bits per heavy atom. The molecule has 13 heavy (non-hydrogen) atoms. The molecule has 0 unspecified atom stereocenters. The first-order chi connectivity index (χ1) is 6.40. The van der Waals surface area contributed by atoms with Crippen LogP contribution in [0.3, 0.4) is 0 Å². The molecule has 0 aromatic carbocycles. The minimum atomic E-state index is -0.0622. The van der Waals surface area contributed by atoms with Gasteiger partial charge in [0.05, 0.1) is 18.5 Å². The molecule has 0 atom stereocenters. The molecular weight excluding hydrogens is 168 g/mol. The van der Waals surface area contributed by atoms with E-state index in [4.69, 9.17) is 5.11 Å². The summed E-state index contributed by atoms with van der Waals surface area (Å²) < 4.78 is 1.57. The van der Waals surface area contributed by atoms with Gasteiger partial charge in [0.25, 0.3) is 0 Å². The topological polar surface area (TPSA) is 63.8 Å². The largest absolute Gasteiger partial charge is 0.390 e. The van der Waals surface area contributed by atoms with Crippen LogP contribution in [0.1, 0.15) is 5.69 Å². The number of aliphatic hydroxyl groups excluding tert-OH is 1. The highest BCUT2D eigenvalue weighted by Gasteiger charge is 1.99. The fraction of sp³-hybridized carbons (Fsp3) is 0.125. The molecule has 0 fully saturated rings. The highest BCUT2D eigenvalue weighted by Crippen LogP contribution is 2.01. The first kappa shape index (κ1) is 7.88. The lowest BCUT2D eigenvalue weighted by molar-refractivity contribution is 0.276. The molecule has 1 N–H and O–H groups in total. The maximum Gasteiger partial charge on any atom is 0.171 e. The molecule has 5 heteroatoms. The summed E-state index contributed by atoms with van der Waals surface area (Å²) in [4.78, 5) is 7.96. The Hall–Kier alpha value is -1.75. The van der Waals surface area contributed by atoms with E-state index in [9.17, 15) is 0 Å². The van der Waals surface area contributed by atoms with Crippen LogP contribution in [0.4, 0.5) is 0 Å². The molecule has 0 aliphatic heterocycles. The number of nitrogens with zero attached hydrogens (tertiary/aromatic N) is 4. The van der Waals surface area contributed by atoms with Gasteiger partial charge in [-0.15, -0.1) is 0 Å². The van der Waals surface area contributed by atoms with Crippen LogP contribution in [0.5, 0.6) is 0 Å². The van der Waals surface area contributed by atoms with Gasteiger partial charge < -0.3 is 5.11 Å². The van der Waals surface area contributed by atoms with E-state index in [1.807, 2.05) is 0 Å². The quantitative estimate of drug-likeness (QED) is 0.707.